The maximum absolute atomic E-state index is 14.3. The summed E-state index contributed by atoms with van der Waals surface area (Å²) in [4.78, 5) is 86.3. The van der Waals surface area contributed by atoms with Crippen LogP contribution in [0.15, 0.2) is 97.1 Å². The van der Waals surface area contributed by atoms with Gasteiger partial charge in [-0.25, -0.2) is 0 Å². The second-order valence-corrected chi connectivity index (χ2v) is 17.8. The van der Waals surface area contributed by atoms with Gasteiger partial charge in [-0.05, 0) is 96.1 Å². The lowest BCUT2D eigenvalue weighted by Gasteiger charge is -2.29. The number of nitrogens with one attached hydrogen (secondary N) is 6. The molecule has 8 N–H and O–H groups in total. The number of likely N-dealkylation sites (tertiary alicyclic amines) is 2. The van der Waals surface area contributed by atoms with Crippen LogP contribution in [0.3, 0.4) is 0 Å². The lowest BCUT2D eigenvalue weighted by Crippen LogP contribution is -2.56. The fraction of sp³-hybridized carbons (Fsp3) is 0.370. The van der Waals surface area contributed by atoms with Gasteiger partial charge in [0.15, 0.2) is 0 Å². The zero-order valence-corrected chi connectivity index (χ0v) is 41.6. The number of halogens is 2. The summed E-state index contributed by atoms with van der Waals surface area (Å²) in [5, 5.41) is 36.9. The van der Waals surface area contributed by atoms with Gasteiger partial charge in [0.25, 0.3) is 0 Å². The Hall–Kier alpha value is -6.76. The van der Waals surface area contributed by atoms with Gasteiger partial charge in [0, 0.05) is 25.9 Å². The van der Waals surface area contributed by atoms with E-state index in [1.165, 1.54) is 23.9 Å². The van der Waals surface area contributed by atoms with E-state index in [2.05, 4.69) is 55.6 Å². The SMILES string of the molecule is CN[C@@H](CO)C(=O)N[C@@H](CC#CC#CC[C@H](NC(=O)[C@H](CO)NC)C(=O)N1CCC[C@H]1C(=O)NC1c2ccccc2-c2ccccc21)C(=O)N1CCC[C@H]1C(=O)NC1c2ccccc2-c2ccccc21.Cl.Cl. The number of aliphatic hydroxyl groups excluding tert-OH is 2. The van der Waals surface area contributed by atoms with Crippen molar-refractivity contribution in [1.82, 2.24) is 41.7 Å². The highest BCUT2D eigenvalue weighted by molar-refractivity contribution is 5.96. The van der Waals surface area contributed by atoms with Crippen LogP contribution in [0.1, 0.15) is 72.9 Å². The largest absolute Gasteiger partial charge is 0.394 e. The number of aliphatic hydroxyl groups is 2. The molecule has 6 atom stereocenters. The van der Waals surface area contributed by atoms with Gasteiger partial charge in [-0.1, -0.05) is 109 Å². The summed E-state index contributed by atoms with van der Waals surface area (Å²) < 4.78 is 0. The molecule has 72 heavy (non-hydrogen) atoms. The molecule has 0 unspecified atom stereocenters. The van der Waals surface area contributed by atoms with Crippen LogP contribution in [0, 0.1) is 23.7 Å². The van der Waals surface area contributed by atoms with E-state index in [9.17, 15) is 39.0 Å². The van der Waals surface area contributed by atoms with Crippen molar-refractivity contribution in [3.05, 3.63) is 119 Å². The molecule has 16 nitrogen and oxygen atoms in total. The number of likely N-dealkylation sites (N-methyl/N-ethyl adjacent to an activating group) is 2. The standard InChI is InChI=1S/C54H58N8O8.2ClH/c1-55-43(31-63)49(65)57-41(53(69)61-29-15-27-45(61)51(67)59-47-37-21-11-7-17-33(37)34-18-8-12-22-38(34)47)25-5-3-4-6-26-42(58-50(66)44(32-64)56-2)54(70)62-30-16-28-46(62)52(68)60-48-39-23-13-9-19-35(39)36-20-10-14-24-40(36)48;;/h7-14,17-24,41-48,55-56,63-64H,15-16,25-32H2,1-2H3,(H,57,65)(H,58,66)(H,59,67)(H,60,68);2*1H/t41-,42-,43-,44-,45-,46-;;/m0../s1. The number of rotatable bonds is 16. The van der Waals surface area contributed by atoms with Crippen LogP contribution >= 0.6 is 24.8 Å². The van der Waals surface area contributed by atoms with Gasteiger partial charge in [0.2, 0.25) is 35.4 Å². The average Bonchev–Trinajstić information content (AvgIpc) is 4.20. The van der Waals surface area contributed by atoms with Crippen molar-refractivity contribution < 1.29 is 39.0 Å². The Morgan fingerprint density at radius 1 is 0.528 bits per heavy atom. The first-order valence-electron chi connectivity index (χ1n) is 23.8. The van der Waals surface area contributed by atoms with Crippen LogP contribution < -0.4 is 31.9 Å². The van der Waals surface area contributed by atoms with Crippen LogP contribution in [0.4, 0.5) is 0 Å². The Balaban J connectivity index is 0.00000423. The van der Waals surface area contributed by atoms with Crippen molar-refractivity contribution in [2.45, 2.75) is 86.9 Å². The molecule has 4 aromatic rings. The third-order valence-corrected chi connectivity index (χ3v) is 13.7. The second-order valence-electron chi connectivity index (χ2n) is 17.8. The van der Waals surface area contributed by atoms with Crippen LogP contribution in [0.5, 0.6) is 0 Å². The lowest BCUT2D eigenvalue weighted by atomic mass is 10.0. The number of benzene rings is 4. The molecule has 2 aliphatic heterocycles. The number of fused-ring (bicyclic) bond motifs is 6. The first-order chi connectivity index (χ1) is 34.1. The number of carbonyl (C=O) groups is 6. The fourth-order valence-corrected chi connectivity index (χ4v) is 10.1. The summed E-state index contributed by atoms with van der Waals surface area (Å²) in [5.74, 6) is 8.16. The Bertz CT molecular complexity index is 2500. The third kappa shape index (κ3) is 11.5. The van der Waals surface area contributed by atoms with E-state index in [4.69, 9.17) is 0 Å². The summed E-state index contributed by atoms with van der Waals surface area (Å²) in [6.07, 6.45) is 1.55. The molecule has 2 aliphatic carbocycles. The minimum atomic E-state index is -1.21. The number of nitrogens with zero attached hydrogens (tertiary/aromatic N) is 2. The number of amides is 6. The topological polar surface area (TPSA) is 222 Å². The van der Waals surface area contributed by atoms with Crippen molar-refractivity contribution in [2.24, 2.45) is 0 Å². The number of hydrogen-bond donors (Lipinski definition) is 8. The molecule has 378 valence electrons. The number of carbonyl (C=O) groups excluding carboxylic acids is 6. The van der Waals surface area contributed by atoms with Crippen molar-refractivity contribution in [1.29, 1.82) is 0 Å². The Morgan fingerprint density at radius 2 is 0.847 bits per heavy atom. The van der Waals surface area contributed by atoms with Gasteiger partial charge in [-0.2, -0.15) is 0 Å². The summed E-state index contributed by atoms with van der Waals surface area (Å²) in [7, 11) is 3.01. The molecule has 2 fully saturated rings. The van der Waals surface area contributed by atoms with E-state index >= 15 is 0 Å². The van der Waals surface area contributed by atoms with Crippen molar-refractivity contribution in [3.8, 4) is 45.9 Å². The molecule has 0 bridgehead atoms. The maximum atomic E-state index is 14.3. The molecule has 0 aromatic heterocycles. The van der Waals surface area contributed by atoms with Gasteiger partial charge in [0.1, 0.15) is 36.3 Å². The molecule has 8 rings (SSSR count). The van der Waals surface area contributed by atoms with E-state index < -0.39 is 85.2 Å². The molecule has 2 heterocycles. The summed E-state index contributed by atoms with van der Waals surface area (Å²) in [6.45, 7) is -0.513. The van der Waals surface area contributed by atoms with Gasteiger partial charge in [-0.15, -0.1) is 24.8 Å². The van der Waals surface area contributed by atoms with E-state index in [-0.39, 0.29) is 62.6 Å². The molecule has 18 heteroatoms. The third-order valence-electron chi connectivity index (χ3n) is 13.7. The predicted octanol–water partition coefficient (Wildman–Crippen LogP) is 2.50. The molecular formula is C54H60Cl2N8O8. The van der Waals surface area contributed by atoms with Gasteiger partial charge in [0.05, 0.1) is 25.3 Å². The van der Waals surface area contributed by atoms with Gasteiger partial charge < -0.3 is 51.9 Å². The molecule has 0 saturated carbocycles. The molecule has 2 saturated heterocycles. The molecule has 6 amide bonds. The van der Waals surface area contributed by atoms with Crippen LogP contribution in [0.2, 0.25) is 0 Å². The normalized spacial score (nSPS) is 17.8. The zero-order chi connectivity index (χ0) is 49.3. The lowest BCUT2D eigenvalue weighted by molar-refractivity contribution is -0.141. The van der Waals surface area contributed by atoms with Gasteiger partial charge >= 0.3 is 0 Å². The monoisotopic (exact) mass is 1020 g/mol. The summed E-state index contributed by atoms with van der Waals surface area (Å²) in [5.41, 5.74) is 7.97. The summed E-state index contributed by atoms with van der Waals surface area (Å²) in [6, 6.07) is 24.6. The smallest absolute Gasteiger partial charge is 0.246 e. The fourth-order valence-electron chi connectivity index (χ4n) is 10.1. The van der Waals surface area contributed by atoms with Crippen LogP contribution in [0.25, 0.3) is 22.3 Å². The second kappa shape index (κ2) is 25.1. The average molecular weight is 1020 g/mol. The minimum Gasteiger partial charge on any atom is -0.394 e. The molecule has 4 aliphatic rings. The molecule has 0 spiro atoms. The first kappa shape index (κ1) is 54.6. The Morgan fingerprint density at radius 3 is 1.15 bits per heavy atom. The molecule has 0 radical (unpaired) electrons. The van der Waals surface area contributed by atoms with E-state index in [0.717, 1.165) is 44.5 Å². The number of hydrogen-bond acceptors (Lipinski definition) is 10. The Labute approximate surface area is 431 Å². The molecular weight excluding hydrogens is 960 g/mol. The van der Waals surface area contributed by atoms with E-state index in [1.54, 1.807) is 0 Å². The van der Waals surface area contributed by atoms with Crippen molar-refractivity contribution >= 4 is 60.3 Å². The Kier molecular flexibility index (Phi) is 19.0. The quantitative estimate of drug-likeness (QED) is 0.0767. The first-order valence-corrected chi connectivity index (χ1v) is 23.8. The highest BCUT2D eigenvalue weighted by Gasteiger charge is 2.42. The summed E-state index contributed by atoms with van der Waals surface area (Å²) >= 11 is 0. The highest BCUT2D eigenvalue weighted by Crippen LogP contribution is 2.44. The predicted molar refractivity (Wildman–Crippen MR) is 276 cm³/mol. The van der Waals surface area contributed by atoms with E-state index in [1.807, 2.05) is 97.1 Å². The van der Waals surface area contributed by atoms with Gasteiger partial charge in [-0.3, -0.25) is 28.8 Å². The van der Waals surface area contributed by atoms with Crippen molar-refractivity contribution in [2.75, 3.05) is 40.4 Å². The van der Waals surface area contributed by atoms with Crippen LogP contribution in [-0.2, 0) is 28.8 Å². The van der Waals surface area contributed by atoms with E-state index in [0.29, 0.717) is 25.7 Å². The highest BCUT2D eigenvalue weighted by atomic mass is 35.5. The van der Waals surface area contributed by atoms with Crippen molar-refractivity contribution in [3.63, 3.8) is 0 Å². The molecule has 4 aromatic carbocycles. The van der Waals surface area contributed by atoms with Crippen LogP contribution in [-0.4, -0.2) is 132 Å². The minimum absolute atomic E-state index is 0. The zero-order valence-electron chi connectivity index (χ0n) is 40.0. The maximum Gasteiger partial charge on any atom is 0.246 e.